The summed E-state index contributed by atoms with van der Waals surface area (Å²) < 4.78 is 36.3. The van der Waals surface area contributed by atoms with Crippen LogP contribution in [0, 0.1) is 18.6 Å². The first-order chi connectivity index (χ1) is 21.2. The first-order valence-corrected chi connectivity index (χ1v) is 15.1. The maximum absolute atomic E-state index is 15.9. The van der Waals surface area contributed by atoms with E-state index in [2.05, 4.69) is 10.3 Å². The minimum absolute atomic E-state index is 0.0229. The van der Waals surface area contributed by atoms with Crippen molar-refractivity contribution in [3.05, 3.63) is 63.8 Å². The van der Waals surface area contributed by atoms with Gasteiger partial charge in [0.2, 0.25) is 11.8 Å². The van der Waals surface area contributed by atoms with Gasteiger partial charge in [0.1, 0.15) is 23.4 Å². The van der Waals surface area contributed by atoms with E-state index in [1.54, 1.807) is 23.1 Å². The van der Waals surface area contributed by atoms with Crippen LogP contribution in [0.25, 0.3) is 10.9 Å². The van der Waals surface area contributed by atoms with Gasteiger partial charge in [-0.05, 0) is 61.4 Å². The number of imide groups is 1. The molecule has 4 aliphatic rings. The summed E-state index contributed by atoms with van der Waals surface area (Å²) in [6, 6.07) is 5.70. The Morgan fingerprint density at radius 1 is 1.00 bits per heavy atom. The molecular weight excluding hydrogens is 572 g/mol. The molecule has 0 bridgehead atoms. The number of likely N-dealkylation sites (tertiary alicyclic amines) is 1. The fraction of sp³-hybridized carbons (Fsp3) is 0.438. The number of aromatic nitrogens is 1. The van der Waals surface area contributed by atoms with Crippen molar-refractivity contribution in [1.29, 1.82) is 0 Å². The van der Waals surface area contributed by atoms with Gasteiger partial charge in [-0.15, -0.1) is 0 Å². The molecule has 7 rings (SSSR count). The third-order valence-corrected chi connectivity index (χ3v) is 9.59. The normalized spacial score (nSPS) is 21.3. The molecule has 2 aromatic carbocycles. The molecule has 5 heterocycles. The van der Waals surface area contributed by atoms with Gasteiger partial charge in [0.05, 0.1) is 25.4 Å². The quantitative estimate of drug-likeness (QED) is 0.441. The summed E-state index contributed by atoms with van der Waals surface area (Å²) in [5.74, 6) is -2.41. The molecule has 4 amide bonds. The summed E-state index contributed by atoms with van der Waals surface area (Å²) in [6.07, 6.45) is 1.43. The van der Waals surface area contributed by atoms with Crippen molar-refractivity contribution in [3.63, 3.8) is 0 Å². The molecule has 230 valence electrons. The number of ether oxygens (including phenoxy) is 1. The molecule has 3 saturated heterocycles. The smallest absolute Gasteiger partial charge is 0.270 e. The van der Waals surface area contributed by atoms with Gasteiger partial charge in [0.15, 0.2) is 0 Å². The summed E-state index contributed by atoms with van der Waals surface area (Å²) in [7, 11) is 0. The van der Waals surface area contributed by atoms with Crippen molar-refractivity contribution in [2.24, 2.45) is 0 Å². The Morgan fingerprint density at radius 3 is 2.48 bits per heavy atom. The Labute approximate surface area is 252 Å². The number of hydrogen-bond donors (Lipinski definition) is 2. The van der Waals surface area contributed by atoms with Crippen LogP contribution in [-0.4, -0.2) is 83.8 Å². The van der Waals surface area contributed by atoms with E-state index < -0.39 is 23.7 Å². The number of anilines is 1. The van der Waals surface area contributed by atoms with Gasteiger partial charge in [0.25, 0.3) is 11.8 Å². The molecule has 0 aliphatic carbocycles. The second-order valence-corrected chi connectivity index (χ2v) is 12.0. The zero-order valence-corrected chi connectivity index (χ0v) is 24.4. The number of carbonyl (C=O) groups excluding carboxylic acids is 4. The lowest BCUT2D eigenvalue weighted by atomic mass is 9.87. The second kappa shape index (κ2) is 11.0. The molecule has 1 aromatic heterocycles. The first kappa shape index (κ1) is 28.5. The predicted molar refractivity (Wildman–Crippen MR) is 156 cm³/mol. The first-order valence-electron chi connectivity index (χ1n) is 15.1. The Morgan fingerprint density at radius 2 is 1.75 bits per heavy atom. The number of aromatic amines is 1. The highest BCUT2D eigenvalue weighted by molar-refractivity contribution is 6.05. The Kier molecular flexibility index (Phi) is 7.11. The highest BCUT2D eigenvalue weighted by Crippen LogP contribution is 2.37. The van der Waals surface area contributed by atoms with Crippen LogP contribution in [0.3, 0.4) is 0 Å². The number of amides is 4. The summed E-state index contributed by atoms with van der Waals surface area (Å²) in [5.41, 5.74) is 3.31. The number of nitrogens with one attached hydrogen (secondary N) is 2. The maximum atomic E-state index is 15.9. The minimum atomic E-state index is -0.805. The van der Waals surface area contributed by atoms with Gasteiger partial charge in [-0.3, -0.25) is 24.5 Å². The standard InChI is InChI=1S/C32H33F2N5O5/c1-17-21-14-23(33)26(37-10-12-44-13-11-37)15-24(21)35-29(17)32(43)38-8-6-18(7-9-38)19-2-3-20-22(28(19)34)16-39(31(20)42)25-4-5-27(40)36-30(25)41/h2-3,14-15,18,25,35H,4-13,16H2,1H3,(H,36,40,41). The summed E-state index contributed by atoms with van der Waals surface area (Å²) in [6.45, 7) is 4.90. The molecule has 44 heavy (non-hydrogen) atoms. The van der Waals surface area contributed by atoms with Crippen LogP contribution >= 0.6 is 0 Å². The van der Waals surface area contributed by atoms with E-state index in [0.29, 0.717) is 85.6 Å². The fourth-order valence-electron chi connectivity index (χ4n) is 7.09. The number of nitrogens with zero attached hydrogens (tertiary/aromatic N) is 3. The van der Waals surface area contributed by atoms with Gasteiger partial charge in [0, 0.05) is 54.6 Å². The van der Waals surface area contributed by atoms with E-state index in [-0.39, 0.29) is 54.1 Å². The number of carbonyl (C=O) groups is 4. The highest BCUT2D eigenvalue weighted by Gasteiger charge is 2.41. The number of morpholine rings is 1. The van der Waals surface area contributed by atoms with E-state index in [4.69, 9.17) is 4.74 Å². The number of piperidine rings is 2. The van der Waals surface area contributed by atoms with Gasteiger partial charge in [-0.1, -0.05) is 6.07 Å². The van der Waals surface area contributed by atoms with E-state index in [0.717, 1.165) is 0 Å². The van der Waals surface area contributed by atoms with Crippen molar-refractivity contribution in [1.82, 2.24) is 20.1 Å². The SMILES string of the molecule is Cc1c(C(=O)N2CCC(c3ccc4c(c3F)CN(C3CCC(=O)NC3=O)C4=O)CC2)[nH]c2cc(N3CCOCC3)c(F)cc12. The van der Waals surface area contributed by atoms with Gasteiger partial charge < -0.3 is 24.4 Å². The monoisotopic (exact) mass is 605 g/mol. The average molecular weight is 606 g/mol. The third kappa shape index (κ3) is 4.72. The Balaban J connectivity index is 1.05. The molecule has 3 fully saturated rings. The lowest BCUT2D eigenvalue weighted by Crippen LogP contribution is -2.52. The summed E-state index contributed by atoms with van der Waals surface area (Å²) in [5, 5.41) is 2.93. The van der Waals surface area contributed by atoms with Crippen LogP contribution in [0.5, 0.6) is 0 Å². The maximum Gasteiger partial charge on any atom is 0.270 e. The fourth-order valence-corrected chi connectivity index (χ4v) is 7.09. The Bertz CT molecular complexity index is 1710. The molecule has 1 atom stereocenters. The molecule has 0 spiro atoms. The van der Waals surface area contributed by atoms with Crippen LogP contribution in [0.2, 0.25) is 0 Å². The lowest BCUT2D eigenvalue weighted by molar-refractivity contribution is -0.136. The molecule has 4 aliphatic heterocycles. The third-order valence-electron chi connectivity index (χ3n) is 9.59. The highest BCUT2D eigenvalue weighted by atomic mass is 19.1. The number of H-pyrrole nitrogens is 1. The zero-order valence-electron chi connectivity index (χ0n) is 24.4. The van der Waals surface area contributed by atoms with Crippen LogP contribution in [0.15, 0.2) is 24.3 Å². The molecule has 10 nitrogen and oxygen atoms in total. The molecule has 1 unspecified atom stereocenters. The van der Waals surface area contributed by atoms with Crippen molar-refractivity contribution in [2.45, 2.75) is 51.1 Å². The molecule has 12 heteroatoms. The van der Waals surface area contributed by atoms with Gasteiger partial charge in [-0.2, -0.15) is 0 Å². The number of aryl methyl sites for hydroxylation is 1. The van der Waals surface area contributed by atoms with Gasteiger partial charge >= 0.3 is 0 Å². The minimum Gasteiger partial charge on any atom is -0.378 e. The number of rotatable bonds is 4. The number of hydrogen-bond acceptors (Lipinski definition) is 6. The molecule has 0 radical (unpaired) electrons. The van der Waals surface area contributed by atoms with Crippen LogP contribution in [0.4, 0.5) is 14.5 Å². The average Bonchev–Trinajstić information content (AvgIpc) is 3.53. The van der Waals surface area contributed by atoms with Crippen LogP contribution in [0.1, 0.15) is 69.1 Å². The second-order valence-electron chi connectivity index (χ2n) is 12.0. The van der Waals surface area contributed by atoms with Crippen molar-refractivity contribution >= 4 is 40.2 Å². The van der Waals surface area contributed by atoms with E-state index in [1.807, 2.05) is 11.8 Å². The van der Waals surface area contributed by atoms with Crippen molar-refractivity contribution in [3.8, 4) is 0 Å². The number of benzene rings is 2. The van der Waals surface area contributed by atoms with E-state index in [1.165, 1.54) is 11.0 Å². The topological polar surface area (TPSA) is 115 Å². The number of halogens is 2. The molecule has 2 N–H and O–H groups in total. The summed E-state index contributed by atoms with van der Waals surface area (Å²) >= 11 is 0. The largest absolute Gasteiger partial charge is 0.378 e. The number of fused-ring (bicyclic) bond motifs is 2. The summed E-state index contributed by atoms with van der Waals surface area (Å²) in [4.78, 5) is 58.8. The predicted octanol–water partition coefficient (Wildman–Crippen LogP) is 3.37. The molecule has 3 aromatic rings. The van der Waals surface area contributed by atoms with Crippen molar-refractivity contribution in [2.75, 3.05) is 44.3 Å². The van der Waals surface area contributed by atoms with Crippen LogP contribution in [-0.2, 0) is 20.9 Å². The van der Waals surface area contributed by atoms with Crippen LogP contribution < -0.4 is 10.2 Å². The lowest BCUT2D eigenvalue weighted by Gasteiger charge is -2.32. The Hall–Kier alpha value is -4.32. The van der Waals surface area contributed by atoms with E-state index in [9.17, 15) is 19.2 Å². The molecule has 0 saturated carbocycles. The van der Waals surface area contributed by atoms with Gasteiger partial charge in [-0.25, -0.2) is 8.78 Å². The zero-order chi connectivity index (χ0) is 30.7. The molecular formula is C32H33F2N5O5. The van der Waals surface area contributed by atoms with Crippen molar-refractivity contribution < 1.29 is 32.7 Å². The van der Waals surface area contributed by atoms with E-state index >= 15 is 8.78 Å².